The van der Waals surface area contributed by atoms with Gasteiger partial charge in [-0.3, -0.25) is 9.59 Å². The van der Waals surface area contributed by atoms with Crippen molar-refractivity contribution in [2.45, 2.75) is 47.0 Å². The summed E-state index contributed by atoms with van der Waals surface area (Å²) >= 11 is 0. The summed E-state index contributed by atoms with van der Waals surface area (Å²) in [7, 11) is 0. The lowest BCUT2D eigenvalue weighted by Gasteiger charge is -2.21. The van der Waals surface area contributed by atoms with Crippen LogP contribution >= 0.6 is 0 Å². The van der Waals surface area contributed by atoms with E-state index in [1.54, 1.807) is 24.3 Å². The number of carbonyl (C=O) groups is 2. The number of aromatic hydroxyl groups is 2. The molecule has 0 saturated heterocycles. The van der Waals surface area contributed by atoms with Crippen molar-refractivity contribution < 1.29 is 19.8 Å². The van der Waals surface area contributed by atoms with Crippen LogP contribution in [-0.2, 0) is 9.59 Å². The van der Waals surface area contributed by atoms with Gasteiger partial charge in [0.2, 0.25) is 11.8 Å². The maximum Gasteiger partial charge on any atom is 0.240 e. The molecule has 0 radical (unpaired) electrons. The van der Waals surface area contributed by atoms with Gasteiger partial charge in [0, 0.05) is 73.7 Å². The maximum atomic E-state index is 12.0. The number of rotatable bonds is 14. The number of amides is 2. The van der Waals surface area contributed by atoms with E-state index in [1.165, 1.54) is 12.4 Å². The third kappa shape index (κ3) is 9.14. The zero-order chi connectivity index (χ0) is 27.2. The molecule has 2 rings (SSSR count). The zero-order valence-corrected chi connectivity index (χ0v) is 22.1. The minimum Gasteiger partial charge on any atom is -0.507 e. The summed E-state index contributed by atoms with van der Waals surface area (Å²) in [6.07, 6.45) is 3.29. The topological polar surface area (TPSA) is 130 Å². The van der Waals surface area contributed by atoms with Crippen LogP contribution in [0.1, 0.15) is 58.1 Å². The fourth-order valence-corrected chi connectivity index (χ4v) is 3.72. The largest absolute Gasteiger partial charge is 0.507 e. The minimum absolute atomic E-state index is 0.0766. The van der Waals surface area contributed by atoms with Crippen LogP contribution in [0.2, 0.25) is 0 Å². The SMILES string of the molecule is CCN(CC)c1ccc(C=NNC(=O)CCCC(=O)NN=Cc2ccc(N(CC)CC)cc2O)c(O)c1. The number of phenols is 2. The molecule has 2 amide bonds. The van der Waals surface area contributed by atoms with Gasteiger partial charge < -0.3 is 20.0 Å². The van der Waals surface area contributed by atoms with E-state index in [0.717, 1.165) is 37.6 Å². The van der Waals surface area contributed by atoms with E-state index in [0.29, 0.717) is 17.5 Å². The summed E-state index contributed by atoms with van der Waals surface area (Å²) in [5.74, 6) is -0.532. The van der Waals surface area contributed by atoms with Crippen LogP contribution in [0, 0.1) is 0 Å². The molecule has 0 saturated carbocycles. The number of nitrogens with one attached hydrogen (secondary N) is 2. The van der Waals surface area contributed by atoms with Gasteiger partial charge in [0.1, 0.15) is 11.5 Å². The van der Waals surface area contributed by atoms with E-state index < -0.39 is 0 Å². The third-order valence-electron chi connectivity index (χ3n) is 5.88. The number of phenolic OH excluding ortho intramolecular Hbond substituents is 2. The van der Waals surface area contributed by atoms with Crippen molar-refractivity contribution in [2.75, 3.05) is 36.0 Å². The van der Waals surface area contributed by atoms with Crippen molar-refractivity contribution in [3.8, 4) is 11.5 Å². The Labute approximate surface area is 218 Å². The smallest absolute Gasteiger partial charge is 0.240 e. The summed E-state index contributed by atoms with van der Waals surface area (Å²) in [6.45, 7) is 11.5. The average Bonchev–Trinajstić information content (AvgIpc) is 2.88. The van der Waals surface area contributed by atoms with E-state index in [4.69, 9.17) is 0 Å². The lowest BCUT2D eigenvalue weighted by atomic mass is 10.2. The first-order valence-corrected chi connectivity index (χ1v) is 12.6. The Balaban J connectivity index is 1.74. The fourth-order valence-electron chi connectivity index (χ4n) is 3.72. The highest BCUT2D eigenvalue weighted by molar-refractivity contribution is 5.87. The molecule has 2 aromatic rings. The van der Waals surface area contributed by atoms with Crippen molar-refractivity contribution >= 4 is 35.6 Å². The van der Waals surface area contributed by atoms with Gasteiger partial charge in [0.05, 0.1) is 12.4 Å². The van der Waals surface area contributed by atoms with Gasteiger partial charge in [-0.25, -0.2) is 10.9 Å². The molecule has 0 aromatic heterocycles. The molecular weight excluding hydrogens is 472 g/mol. The van der Waals surface area contributed by atoms with Crippen molar-refractivity contribution in [3.63, 3.8) is 0 Å². The van der Waals surface area contributed by atoms with Crippen molar-refractivity contribution in [2.24, 2.45) is 10.2 Å². The Hall–Kier alpha value is -4.08. The molecule has 0 fully saturated rings. The second-order valence-corrected chi connectivity index (χ2v) is 8.27. The quantitative estimate of drug-likeness (QED) is 0.227. The summed E-state index contributed by atoms with van der Waals surface area (Å²) in [5, 5.41) is 28.2. The van der Waals surface area contributed by atoms with E-state index in [1.807, 2.05) is 39.8 Å². The van der Waals surface area contributed by atoms with Gasteiger partial charge in [0.15, 0.2) is 0 Å². The molecule has 37 heavy (non-hydrogen) atoms. The third-order valence-corrected chi connectivity index (χ3v) is 5.88. The molecule has 2 aromatic carbocycles. The number of benzene rings is 2. The fraction of sp³-hybridized carbons (Fsp3) is 0.407. The normalized spacial score (nSPS) is 11.1. The number of hydrazone groups is 2. The molecule has 10 nitrogen and oxygen atoms in total. The predicted molar refractivity (Wildman–Crippen MR) is 149 cm³/mol. The maximum absolute atomic E-state index is 12.0. The van der Waals surface area contributed by atoms with E-state index in [9.17, 15) is 19.8 Å². The van der Waals surface area contributed by atoms with Crippen LogP contribution in [0.15, 0.2) is 46.6 Å². The summed E-state index contributed by atoms with van der Waals surface area (Å²) in [4.78, 5) is 28.2. The molecule has 0 heterocycles. The van der Waals surface area contributed by atoms with Gasteiger partial charge in [-0.1, -0.05) is 0 Å². The molecule has 0 atom stereocenters. The van der Waals surface area contributed by atoms with Crippen LogP contribution in [0.3, 0.4) is 0 Å². The first-order valence-electron chi connectivity index (χ1n) is 12.6. The molecule has 4 N–H and O–H groups in total. The molecule has 10 heteroatoms. The van der Waals surface area contributed by atoms with E-state index in [-0.39, 0.29) is 36.2 Å². The highest BCUT2D eigenvalue weighted by Gasteiger charge is 2.08. The number of nitrogens with zero attached hydrogens (tertiary/aromatic N) is 4. The molecule has 0 spiro atoms. The predicted octanol–water partition coefficient (Wildman–Crippen LogP) is 3.56. The second kappa shape index (κ2) is 15.1. The van der Waals surface area contributed by atoms with Gasteiger partial charge in [0.25, 0.3) is 0 Å². The molecule has 0 aliphatic carbocycles. The molecular formula is C27H38N6O4. The van der Waals surface area contributed by atoms with Crippen LogP contribution in [0.4, 0.5) is 11.4 Å². The van der Waals surface area contributed by atoms with E-state index in [2.05, 4.69) is 30.9 Å². The highest BCUT2D eigenvalue weighted by atomic mass is 16.3. The Morgan fingerprint density at radius 3 is 1.43 bits per heavy atom. The number of carbonyl (C=O) groups excluding carboxylic acids is 2. The van der Waals surface area contributed by atoms with Crippen molar-refractivity contribution in [3.05, 3.63) is 47.5 Å². The van der Waals surface area contributed by atoms with Gasteiger partial charge in [-0.05, 0) is 58.4 Å². The summed E-state index contributed by atoms with van der Waals surface area (Å²) in [6, 6.07) is 10.6. The number of anilines is 2. The lowest BCUT2D eigenvalue weighted by molar-refractivity contribution is -0.122. The second-order valence-electron chi connectivity index (χ2n) is 8.27. The van der Waals surface area contributed by atoms with Crippen LogP contribution in [0.5, 0.6) is 11.5 Å². The summed E-state index contributed by atoms with van der Waals surface area (Å²) in [5.41, 5.74) is 7.60. The Morgan fingerprint density at radius 1 is 0.730 bits per heavy atom. The lowest BCUT2D eigenvalue weighted by Crippen LogP contribution is -2.21. The van der Waals surface area contributed by atoms with Crippen molar-refractivity contribution in [1.29, 1.82) is 0 Å². The van der Waals surface area contributed by atoms with Crippen LogP contribution in [0.25, 0.3) is 0 Å². The van der Waals surface area contributed by atoms with Crippen LogP contribution in [-0.4, -0.2) is 60.6 Å². The Bertz CT molecular complexity index is 1010. The van der Waals surface area contributed by atoms with Crippen LogP contribution < -0.4 is 20.7 Å². The first kappa shape index (κ1) is 29.2. The van der Waals surface area contributed by atoms with Gasteiger partial charge >= 0.3 is 0 Å². The number of hydrogen-bond donors (Lipinski definition) is 4. The first-order chi connectivity index (χ1) is 17.8. The average molecular weight is 511 g/mol. The molecule has 200 valence electrons. The molecule has 0 aliphatic heterocycles. The zero-order valence-electron chi connectivity index (χ0n) is 22.1. The van der Waals surface area contributed by atoms with Gasteiger partial charge in [-0.15, -0.1) is 0 Å². The van der Waals surface area contributed by atoms with E-state index >= 15 is 0 Å². The van der Waals surface area contributed by atoms with Crippen molar-refractivity contribution in [1.82, 2.24) is 10.9 Å². The molecule has 0 unspecified atom stereocenters. The summed E-state index contributed by atoms with van der Waals surface area (Å²) < 4.78 is 0. The molecule has 0 bridgehead atoms. The number of hydrogen-bond acceptors (Lipinski definition) is 8. The molecule has 0 aliphatic rings. The standard InChI is InChI=1S/C27H38N6O4/c1-5-32(6-2)22-14-12-20(24(34)16-22)18-28-30-26(36)10-9-11-27(37)31-29-19-21-13-15-23(17-25(21)35)33(7-3)8-4/h12-19,34-35H,5-11H2,1-4H3,(H,30,36)(H,31,37). The Kier molecular flexibility index (Phi) is 11.9. The monoisotopic (exact) mass is 510 g/mol. The minimum atomic E-state index is -0.343. The highest BCUT2D eigenvalue weighted by Crippen LogP contribution is 2.24. The Morgan fingerprint density at radius 2 is 1.11 bits per heavy atom. The van der Waals surface area contributed by atoms with Gasteiger partial charge in [-0.2, -0.15) is 10.2 Å².